The summed E-state index contributed by atoms with van der Waals surface area (Å²) in [7, 11) is 0. The highest BCUT2D eigenvalue weighted by Crippen LogP contribution is 2.50. The minimum atomic E-state index is -0.363. The van der Waals surface area contributed by atoms with Gasteiger partial charge in [-0.1, -0.05) is 48.0 Å². The molecule has 6 rings (SSSR count). The Bertz CT molecular complexity index is 1320. The normalized spacial score (nSPS) is 25.1. The molecule has 1 aromatic heterocycles. The first-order valence-electron chi connectivity index (χ1n) is 13.5. The van der Waals surface area contributed by atoms with Crippen molar-refractivity contribution >= 4 is 17.5 Å². The summed E-state index contributed by atoms with van der Waals surface area (Å²) in [6.45, 7) is 6.54. The highest BCUT2D eigenvalue weighted by atomic mass is 16.2. The monoisotopic (exact) mass is 497 g/mol. The molecule has 1 saturated heterocycles. The third-order valence-corrected chi connectivity index (χ3v) is 8.51. The van der Waals surface area contributed by atoms with Gasteiger partial charge in [0.15, 0.2) is 0 Å². The number of aryl methyl sites for hydroxylation is 2. The topological polar surface area (TPSA) is 80.1 Å². The van der Waals surface area contributed by atoms with Crippen molar-refractivity contribution in [3.8, 4) is 0 Å². The molecule has 2 atom stereocenters. The number of benzene rings is 2. The minimum absolute atomic E-state index is 0.00535. The van der Waals surface area contributed by atoms with Gasteiger partial charge in [0, 0.05) is 37.7 Å². The molecule has 0 spiro atoms. The molecule has 3 fully saturated rings. The fraction of sp³-hybridized carbons (Fsp3) is 0.467. The lowest BCUT2D eigenvalue weighted by atomic mass is 9.71. The average Bonchev–Trinajstić information content (AvgIpc) is 3.43. The van der Waals surface area contributed by atoms with E-state index in [1.165, 1.54) is 5.56 Å². The molecule has 3 aliphatic rings. The second-order valence-corrected chi connectivity index (χ2v) is 11.2. The van der Waals surface area contributed by atoms with Gasteiger partial charge in [-0.2, -0.15) is 0 Å². The lowest BCUT2D eigenvalue weighted by Gasteiger charge is -2.35. The number of aromatic nitrogens is 3. The highest BCUT2D eigenvalue weighted by Gasteiger charge is 2.46. The molecule has 2 saturated carbocycles. The SMILES string of the molecule is CC(=O)N1C[C@H](C(=O)Nc2ccc(C)cc2C)[C@@H](c2nnc(C3CC(c4ccccc4)C3)n2C2CC2)C1. The van der Waals surface area contributed by atoms with Gasteiger partial charge in [0.25, 0.3) is 0 Å². The molecule has 3 aromatic rings. The zero-order valence-corrected chi connectivity index (χ0v) is 21.9. The molecule has 7 heteroatoms. The molecule has 0 bridgehead atoms. The van der Waals surface area contributed by atoms with Gasteiger partial charge in [-0.25, -0.2) is 0 Å². The molecule has 2 aromatic carbocycles. The summed E-state index contributed by atoms with van der Waals surface area (Å²) in [5.41, 5.74) is 4.41. The van der Waals surface area contributed by atoms with Crippen LogP contribution in [0.4, 0.5) is 5.69 Å². The van der Waals surface area contributed by atoms with Gasteiger partial charge in [0.1, 0.15) is 11.6 Å². The molecule has 192 valence electrons. The number of carbonyl (C=O) groups is 2. The molecule has 0 radical (unpaired) electrons. The quantitative estimate of drug-likeness (QED) is 0.514. The van der Waals surface area contributed by atoms with E-state index in [1.54, 1.807) is 11.8 Å². The van der Waals surface area contributed by atoms with Gasteiger partial charge in [-0.05, 0) is 62.6 Å². The van der Waals surface area contributed by atoms with E-state index >= 15 is 0 Å². The van der Waals surface area contributed by atoms with Crippen LogP contribution in [-0.4, -0.2) is 44.6 Å². The minimum Gasteiger partial charge on any atom is -0.341 e. The highest BCUT2D eigenvalue weighted by molar-refractivity contribution is 5.94. The lowest BCUT2D eigenvalue weighted by molar-refractivity contribution is -0.128. The molecule has 37 heavy (non-hydrogen) atoms. The van der Waals surface area contributed by atoms with Crippen LogP contribution in [0, 0.1) is 19.8 Å². The Morgan fingerprint density at radius 1 is 0.919 bits per heavy atom. The van der Waals surface area contributed by atoms with Gasteiger partial charge < -0.3 is 14.8 Å². The molecule has 2 heterocycles. The summed E-state index contributed by atoms with van der Waals surface area (Å²) in [6, 6.07) is 17.2. The number of hydrogen-bond donors (Lipinski definition) is 1. The maximum Gasteiger partial charge on any atom is 0.230 e. The number of anilines is 1. The summed E-state index contributed by atoms with van der Waals surface area (Å²) < 4.78 is 2.34. The largest absolute Gasteiger partial charge is 0.341 e. The van der Waals surface area contributed by atoms with Crippen molar-refractivity contribution in [3.63, 3.8) is 0 Å². The van der Waals surface area contributed by atoms with Gasteiger partial charge in [-0.3, -0.25) is 9.59 Å². The molecule has 1 aliphatic heterocycles. The fourth-order valence-electron chi connectivity index (χ4n) is 6.15. The molecule has 0 unspecified atom stereocenters. The number of likely N-dealkylation sites (tertiary alicyclic amines) is 1. The van der Waals surface area contributed by atoms with E-state index in [9.17, 15) is 9.59 Å². The van der Waals surface area contributed by atoms with Gasteiger partial charge >= 0.3 is 0 Å². The summed E-state index contributed by atoms with van der Waals surface area (Å²) in [5.74, 6) is 2.31. The molecule has 2 amide bonds. The van der Waals surface area contributed by atoms with Crippen molar-refractivity contribution in [1.29, 1.82) is 0 Å². The Morgan fingerprint density at radius 3 is 2.32 bits per heavy atom. The van der Waals surface area contributed by atoms with Crippen molar-refractivity contribution < 1.29 is 9.59 Å². The van der Waals surface area contributed by atoms with Crippen LogP contribution in [0.1, 0.15) is 84.7 Å². The average molecular weight is 498 g/mol. The standard InChI is InChI=1S/C30H35N5O2/c1-18-9-12-27(19(2)13-18)31-30(37)26-17-34(20(3)36)16-25(26)29-33-32-28(35(29)24-10-11-24)23-14-22(15-23)21-7-5-4-6-8-21/h4-9,12-13,22-26H,10-11,14-17H2,1-3H3,(H,31,37)/t22?,23?,25-,26-/m0/s1. The van der Waals surface area contributed by atoms with Crippen molar-refractivity contribution in [2.45, 2.75) is 70.3 Å². The second-order valence-electron chi connectivity index (χ2n) is 11.2. The number of rotatable bonds is 6. The Balaban J connectivity index is 1.26. The predicted molar refractivity (Wildman–Crippen MR) is 142 cm³/mol. The van der Waals surface area contributed by atoms with E-state index < -0.39 is 0 Å². The number of nitrogens with zero attached hydrogens (tertiary/aromatic N) is 4. The van der Waals surface area contributed by atoms with Crippen LogP contribution >= 0.6 is 0 Å². The first kappa shape index (κ1) is 23.9. The Hall–Kier alpha value is -3.48. The van der Waals surface area contributed by atoms with Crippen molar-refractivity contribution in [2.24, 2.45) is 5.92 Å². The summed E-state index contributed by atoms with van der Waals surface area (Å²) in [6.07, 6.45) is 4.40. The van der Waals surface area contributed by atoms with Crippen LogP contribution in [0.5, 0.6) is 0 Å². The zero-order chi connectivity index (χ0) is 25.7. The molecular weight excluding hydrogens is 462 g/mol. The van der Waals surface area contributed by atoms with Crippen LogP contribution in [0.15, 0.2) is 48.5 Å². The summed E-state index contributed by atoms with van der Waals surface area (Å²) in [4.78, 5) is 27.8. The van der Waals surface area contributed by atoms with Crippen molar-refractivity contribution in [1.82, 2.24) is 19.7 Å². The lowest BCUT2D eigenvalue weighted by Crippen LogP contribution is -2.31. The number of carbonyl (C=O) groups excluding carboxylic acids is 2. The zero-order valence-electron chi connectivity index (χ0n) is 21.9. The molecular formula is C30H35N5O2. The Morgan fingerprint density at radius 2 is 1.65 bits per heavy atom. The Labute approximate surface area is 218 Å². The van der Waals surface area contributed by atoms with Crippen molar-refractivity contribution in [2.75, 3.05) is 18.4 Å². The van der Waals surface area contributed by atoms with Crippen LogP contribution in [0.25, 0.3) is 0 Å². The molecule has 1 N–H and O–H groups in total. The van der Waals surface area contributed by atoms with Crippen molar-refractivity contribution in [3.05, 3.63) is 76.9 Å². The van der Waals surface area contributed by atoms with Gasteiger partial charge in [-0.15, -0.1) is 10.2 Å². The summed E-state index contributed by atoms with van der Waals surface area (Å²) >= 11 is 0. The third kappa shape index (κ3) is 4.56. The number of nitrogens with one attached hydrogen (secondary N) is 1. The second kappa shape index (κ2) is 9.43. The third-order valence-electron chi connectivity index (χ3n) is 8.51. The molecule has 2 aliphatic carbocycles. The maximum absolute atomic E-state index is 13.6. The fourth-order valence-corrected chi connectivity index (χ4v) is 6.15. The van der Waals surface area contributed by atoms with Gasteiger partial charge in [0.05, 0.1) is 11.8 Å². The van der Waals surface area contributed by atoms with E-state index in [0.29, 0.717) is 31.0 Å². The smallest absolute Gasteiger partial charge is 0.230 e. The van der Waals surface area contributed by atoms with Crippen LogP contribution in [-0.2, 0) is 9.59 Å². The van der Waals surface area contributed by atoms with Crippen LogP contribution in [0.2, 0.25) is 0 Å². The van der Waals surface area contributed by atoms with E-state index in [2.05, 4.69) is 46.3 Å². The van der Waals surface area contributed by atoms with E-state index in [-0.39, 0.29) is 23.7 Å². The van der Waals surface area contributed by atoms with E-state index in [4.69, 9.17) is 10.2 Å². The van der Waals surface area contributed by atoms with E-state index in [0.717, 1.165) is 54.1 Å². The predicted octanol–water partition coefficient (Wildman–Crippen LogP) is 5.09. The van der Waals surface area contributed by atoms with Crippen LogP contribution in [0.3, 0.4) is 0 Å². The number of amides is 2. The van der Waals surface area contributed by atoms with Crippen LogP contribution < -0.4 is 5.32 Å². The Kier molecular flexibility index (Phi) is 6.09. The van der Waals surface area contributed by atoms with Gasteiger partial charge in [0.2, 0.25) is 11.8 Å². The number of hydrogen-bond acceptors (Lipinski definition) is 4. The first-order chi connectivity index (χ1) is 17.9. The first-order valence-corrected chi connectivity index (χ1v) is 13.5. The van der Waals surface area contributed by atoms with E-state index in [1.807, 2.05) is 26.0 Å². The molecule has 7 nitrogen and oxygen atoms in total. The summed E-state index contributed by atoms with van der Waals surface area (Å²) in [5, 5.41) is 12.6. The maximum atomic E-state index is 13.6.